The van der Waals surface area contributed by atoms with Crippen molar-refractivity contribution in [3.8, 4) is 0 Å². The van der Waals surface area contributed by atoms with Crippen molar-refractivity contribution in [2.45, 2.75) is 70.3 Å². The first kappa shape index (κ1) is 14.1. The van der Waals surface area contributed by atoms with E-state index in [1.807, 2.05) is 0 Å². The number of nitrogens with zero attached hydrogens (tertiary/aromatic N) is 2. The Hall–Kier alpha value is -0.830. The van der Waals surface area contributed by atoms with Gasteiger partial charge >= 0.3 is 0 Å². The number of aromatic nitrogens is 2. The van der Waals surface area contributed by atoms with E-state index in [4.69, 9.17) is 5.10 Å². The van der Waals surface area contributed by atoms with E-state index in [0.29, 0.717) is 18.6 Å². The number of hydrogen-bond acceptors (Lipinski definition) is 2. The molecule has 3 nitrogen and oxygen atoms in total. The fourth-order valence-corrected chi connectivity index (χ4v) is 4.11. The average Bonchev–Trinajstić information content (AvgIpc) is 3.17. The Balaban J connectivity index is 1.60. The van der Waals surface area contributed by atoms with E-state index in [2.05, 4.69) is 16.9 Å². The summed E-state index contributed by atoms with van der Waals surface area (Å²) in [4.78, 5) is 0. The molecule has 0 bridgehead atoms. The summed E-state index contributed by atoms with van der Waals surface area (Å²) in [5.74, 6) is 1.15. The Morgan fingerprint density at radius 3 is 2.50 bits per heavy atom. The molecule has 1 aromatic heterocycles. The first-order valence-corrected chi connectivity index (χ1v) is 8.51. The Morgan fingerprint density at radius 2 is 1.80 bits per heavy atom. The van der Waals surface area contributed by atoms with Gasteiger partial charge in [-0.3, -0.25) is 4.68 Å². The first-order chi connectivity index (χ1) is 9.86. The lowest BCUT2D eigenvalue weighted by atomic mass is 9.88. The van der Waals surface area contributed by atoms with Crippen LogP contribution in [0.15, 0.2) is 12.3 Å². The average molecular weight is 276 g/mol. The largest absolute Gasteiger partial charge is 0.396 e. The van der Waals surface area contributed by atoms with Gasteiger partial charge in [-0.15, -0.1) is 0 Å². The van der Waals surface area contributed by atoms with Crippen LogP contribution in [0.1, 0.15) is 69.5 Å². The predicted octanol–water partition coefficient (Wildman–Crippen LogP) is 3.73. The normalized spacial score (nSPS) is 23.2. The Morgan fingerprint density at radius 1 is 1.10 bits per heavy atom. The summed E-state index contributed by atoms with van der Waals surface area (Å²) in [5.41, 5.74) is 1.18. The van der Waals surface area contributed by atoms with Crippen LogP contribution in [0.3, 0.4) is 0 Å². The second-order valence-electron chi connectivity index (χ2n) is 6.77. The lowest BCUT2D eigenvalue weighted by Crippen LogP contribution is -2.19. The number of aliphatic hydroxyl groups is 1. The van der Waals surface area contributed by atoms with Crippen LogP contribution in [-0.2, 0) is 6.42 Å². The second kappa shape index (κ2) is 6.75. The minimum absolute atomic E-state index is 0.320. The fraction of sp³-hybridized carbons (Fsp3) is 0.824. The molecular weight excluding hydrogens is 248 g/mol. The van der Waals surface area contributed by atoms with Gasteiger partial charge in [0.15, 0.2) is 0 Å². The van der Waals surface area contributed by atoms with Crippen LogP contribution < -0.4 is 0 Å². The van der Waals surface area contributed by atoms with Crippen LogP contribution in [-0.4, -0.2) is 21.5 Å². The summed E-state index contributed by atoms with van der Waals surface area (Å²) in [7, 11) is 0. The van der Waals surface area contributed by atoms with Crippen molar-refractivity contribution < 1.29 is 5.11 Å². The highest BCUT2D eigenvalue weighted by Gasteiger charge is 2.25. The SMILES string of the molecule is OCC(Cc1ccn(C2CCCCC2)n1)C1CCCC1. The monoisotopic (exact) mass is 276 g/mol. The molecule has 2 saturated carbocycles. The number of hydrogen-bond donors (Lipinski definition) is 1. The van der Waals surface area contributed by atoms with Crippen molar-refractivity contribution in [1.29, 1.82) is 0 Å². The van der Waals surface area contributed by atoms with Crippen molar-refractivity contribution in [1.82, 2.24) is 9.78 Å². The molecule has 2 fully saturated rings. The van der Waals surface area contributed by atoms with E-state index >= 15 is 0 Å². The van der Waals surface area contributed by atoms with Gasteiger partial charge in [0.1, 0.15) is 0 Å². The topological polar surface area (TPSA) is 38.0 Å². The molecule has 2 aliphatic carbocycles. The van der Waals surface area contributed by atoms with Crippen LogP contribution in [0.4, 0.5) is 0 Å². The van der Waals surface area contributed by atoms with Crippen molar-refractivity contribution in [2.24, 2.45) is 11.8 Å². The van der Waals surface area contributed by atoms with Gasteiger partial charge in [-0.05, 0) is 37.2 Å². The molecule has 1 aromatic rings. The van der Waals surface area contributed by atoms with Gasteiger partial charge in [0.2, 0.25) is 0 Å². The zero-order valence-corrected chi connectivity index (χ0v) is 12.5. The molecule has 0 aromatic carbocycles. The molecule has 0 spiro atoms. The minimum atomic E-state index is 0.320. The van der Waals surface area contributed by atoms with Gasteiger partial charge in [-0.2, -0.15) is 5.10 Å². The van der Waals surface area contributed by atoms with E-state index in [1.165, 1.54) is 63.5 Å². The van der Waals surface area contributed by atoms with E-state index < -0.39 is 0 Å². The minimum Gasteiger partial charge on any atom is -0.396 e. The smallest absolute Gasteiger partial charge is 0.0628 e. The van der Waals surface area contributed by atoms with Gasteiger partial charge in [-0.25, -0.2) is 0 Å². The Labute approximate surface area is 122 Å². The maximum absolute atomic E-state index is 9.67. The third-order valence-electron chi connectivity index (χ3n) is 5.38. The summed E-state index contributed by atoms with van der Waals surface area (Å²) < 4.78 is 2.19. The summed E-state index contributed by atoms with van der Waals surface area (Å²) in [6, 6.07) is 2.79. The van der Waals surface area contributed by atoms with Gasteiger partial charge < -0.3 is 5.11 Å². The maximum atomic E-state index is 9.67. The molecule has 0 radical (unpaired) electrons. The highest BCUT2D eigenvalue weighted by atomic mass is 16.3. The van der Waals surface area contributed by atoms with E-state index in [9.17, 15) is 5.11 Å². The molecule has 2 aliphatic rings. The zero-order chi connectivity index (χ0) is 13.8. The third kappa shape index (κ3) is 3.25. The lowest BCUT2D eigenvalue weighted by Gasteiger charge is -2.22. The summed E-state index contributed by atoms with van der Waals surface area (Å²) >= 11 is 0. The van der Waals surface area contributed by atoms with Crippen molar-refractivity contribution in [3.63, 3.8) is 0 Å². The zero-order valence-electron chi connectivity index (χ0n) is 12.5. The van der Waals surface area contributed by atoms with E-state index in [0.717, 1.165) is 12.3 Å². The van der Waals surface area contributed by atoms with Crippen molar-refractivity contribution >= 4 is 0 Å². The van der Waals surface area contributed by atoms with Crippen LogP contribution in [0.2, 0.25) is 0 Å². The van der Waals surface area contributed by atoms with Gasteiger partial charge in [0.05, 0.1) is 11.7 Å². The third-order valence-corrected chi connectivity index (χ3v) is 5.38. The van der Waals surface area contributed by atoms with E-state index in [-0.39, 0.29) is 0 Å². The predicted molar refractivity (Wildman–Crippen MR) is 80.6 cm³/mol. The lowest BCUT2D eigenvalue weighted by molar-refractivity contribution is 0.174. The standard InChI is InChI=1S/C17H28N2O/c20-13-15(14-6-4-5-7-14)12-16-10-11-19(18-16)17-8-2-1-3-9-17/h10-11,14-15,17,20H,1-9,12-13H2. The molecule has 0 saturated heterocycles. The van der Waals surface area contributed by atoms with Crippen LogP contribution >= 0.6 is 0 Å². The van der Waals surface area contributed by atoms with E-state index in [1.54, 1.807) is 0 Å². The number of rotatable bonds is 5. The highest BCUT2D eigenvalue weighted by molar-refractivity contribution is 5.02. The van der Waals surface area contributed by atoms with Crippen LogP contribution in [0.5, 0.6) is 0 Å². The molecule has 112 valence electrons. The summed E-state index contributed by atoms with van der Waals surface area (Å²) in [6.07, 6.45) is 15.1. The molecule has 0 amide bonds. The van der Waals surface area contributed by atoms with Gasteiger partial charge in [-0.1, -0.05) is 44.9 Å². The maximum Gasteiger partial charge on any atom is 0.0628 e. The molecule has 1 N–H and O–H groups in total. The number of aliphatic hydroxyl groups excluding tert-OH is 1. The quantitative estimate of drug-likeness (QED) is 0.890. The molecule has 1 unspecified atom stereocenters. The second-order valence-corrected chi connectivity index (χ2v) is 6.77. The molecule has 3 rings (SSSR count). The Bertz CT molecular complexity index is 403. The molecule has 20 heavy (non-hydrogen) atoms. The molecule has 0 aliphatic heterocycles. The van der Waals surface area contributed by atoms with Crippen molar-refractivity contribution in [2.75, 3.05) is 6.61 Å². The summed E-state index contributed by atoms with van der Waals surface area (Å²) in [5, 5.41) is 14.5. The van der Waals surface area contributed by atoms with Crippen LogP contribution in [0.25, 0.3) is 0 Å². The van der Waals surface area contributed by atoms with Crippen LogP contribution in [0, 0.1) is 11.8 Å². The molecular formula is C17H28N2O. The molecule has 1 atom stereocenters. The van der Waals surface area contributed by atoms with Gasteiger partial charge in [0.25, 0.3) is 0 Å². The fourth-order valence-electron chi connectivity index (χ4n) is 4.11. The molecule has 1 heterocycles. The molecule has 3 heteroatoms. The Kier molecular flexibility index (Phi) is 4.77. The first-order valence-electron chi connectivity index (χ1n) is 8.51. The highest BCUT2D eigenvalue weighted by Crippen LogP contribution is 2.33. The summed E-state index contributed by atoms with van der Waals surface area (Å²) in [6.45, 7) is 0.320. The van der Waals surface area contributed by atoms with Crippen molar-refractivity contribution in [3.05, 3.63) is 18.0 Å². The van der Waals surface area contributed by atoms with Gasteiger partial charge in [0, 0.05) is 12.8 Å².